The molecule has 3 fully saturated rings. The molecule has 9 aromatic rings. The SMILES string of the molecule is C[C@@H]1CC[C@@H](COc2ccnc(Cl)c2)CN1C(=O)c1cc(-c2cnn(-c3ccc(-c4ccc(-c5cccnc5C(=O)N5C[C@H](COc6ccc(F)cn6)CC[C@H]5C)cc4)cc3C(=O)N3C[C@H](COc4ccc(Br)nc4)CC[C@H]3C)n2)ccc1-n1nccn1. The predicted molar refractivity (Wildman–Crippen MR) is 332 cm³/mol. The van der Waals surface area contributed by atoms with E-state index in [-0.39, 0.29) is 53.6 Å². The molecular weight excluding hydrogens is 1210 g/mol. The van der Waals surface area contributed by atoms with Gasteiger partial charge in [-0.05, 0) is 147 Å². The predicted octanol–water partition coefficient (Wildman–Crippen LogP) is 11.9. The van der Waals surface area contributed by atoms with Gasteiger partial charge in [0.2, 0.25) is 5.88 Å². The van der Waals surface area contributed by atoms with Crippen LogP contribution in [0.15, 0.2) is 157 Å². The normalized spacial score (nSPS) is 19.5. The van der Waals surface area contributed by atoms with Crippen LogP contribution in [-0.2, 0) is 0 Å². The van der Waals surface area contributed by atoms with Crippen LogP contribution in [0.4, 0.5) is 4.39 Å². The second-order valence-electron chi connectivity index (χ2n) is 22.9. The highest BCUT2D eigenvalue weighted by Gasteiger charge is 2.35. The third-order valence-electron chi connectivity index (χ3n) is 16.9. The minimum atomic E-state index is -0.438. The molecule has 3 aromatic carbocycles. The number of carbonyl (C=O) groups excluding carboxylic acids is 3. The molecule has 6 atom stereocenters. The number of piperidine rings is 3. The second-order valence-corrected chi connectivity index (χ2v) is 24.1. The first-order valence-electron chi connectivity index (χ1n) is 29.6. The van der Waals surface area contributed by atoms with Crippen molar-refractivity contribution in [3.05, 3.63) is 185 Å². The van der Waals surface area contributed by atoms with Gasteiger partial charge in [-0.15, -0.1) is 5.10 Å². The summed E-state index contributed by atoms with van der Waals surface area (Å²) in [5, 5.41) is 19.0. The van der Waals surface area contributed by atoms with E-state index >= 15 is 4.79 Å². The van der Waals surface area contributed by atoms with E-state index in [0.29, 0.717) is 112 Å². The van der Waals surface area contributed by atoms with Gasteiger partial charge < -0.3 is 28.9 Å². The van der Waals surface area contributed by atoms with E-state index in [4.69, 9.17) is 36.0 Å². The lowest BCUT2D eigenvalue weighted by atomic mass is 9.92. The maximum atomic E-state index is 15.4. The van der Waals surface area contributed by atoms with Gasteiger partial charge in [0.25, 0.3) is 17.7 Å². The molecule has 0 aliphatic carbocycles. The molecule has 88 heavy (non-hydrogen) atoms. The number of carbonyl (C=O) groups is 3. The molecule has 450 valence electrons. The number of ether oxygens (including phenoxy) is 3. The zero-order valence-electron chi connectivity index (χ0n) is 48.8. The fraction of sp³-hybridized carbons (Fsp3) is 0.318. The fourth-order valence-corrected chi connectivity index (χ4v) is 12.3. The number of pyridine rings is 4. The molecule has 3 amide bonds. The Hall–Kier alpha value is -8.95. The molecule has 0 spiro atoms. The van der Waals surface area contributed by atoms with Gasteiger partial charge >= 0.3 is 0 Å². The van der Waals surface area contributed by atoms with Gasteiger partial charge in [0, 0.05) is 91.2 Å². The number of likely N-dealkylation sites (tertiary alicyclic amines) is 3. The van der Waals surface area contributed by atoms with Crippen LogP contribution in [0.2, 0.25) is 5.15 Å². The number of nitrogens with zero attached hydrogens (tertiary/aromatic N) is 13. The minimum absolute atomic E-state index is 0.0221. The third kappa shape index (κ3) is 13.4. The molecule has 0 bridgehead atoms. The van der Waals surface area contributed by atoms with Crippen LogP contribution in [-0.4, -0.2) is 140 Å². The van der Waals surface area contributed by atoms with Crippen LogP contribution in [0.25, 0.3) is 44.9 Å². The number of rotatable bonds is 17. The molecule has 3 aliphatic rings. The highest BCUT2D eigenvalue weighted by Crippen LogP contribution is 2.35. The Kier molecular flexibility index (Phi) is 17.9. The molecule has 9 heterocycles. The highest BCUT2D eigenvalue weighted by molar-refractivity contribution is 9.10. The van der Waals surface area contributed by atoms with Gasteiger partial charge in [0.1, 0.15) is 38.5 Å². The molecule has 6 aromatic heterocycles. The highest BCUT2D eigenvalue weighted by atomic mass is 79.9. The maximum absolute atomic E-state index is 15.4. The molecular formula is C66H64BrClFN13O6. The van der Waals surface area contributed by atoms with Crippen molar-refractivity contribution in [3.63, 3.8) is 0 Å². The maximum Gasteiger partial charge on any atom is 0.273 e. The molecule has 19 nitrogen and oxygen atoms in total. The van der Waals surface area contributed by atoms with Gasteiger partial charge in [-0.2, -0.15) is 24.9 Å². The molecule has 12 rings (SSSR count). The van der Waals surface area contributed by atoms with Gasteiger partial charge in [-0.25, -0.2) is 19.3 Å². The molecule has 0 unspecified atom stereocenters. The average molecular weight is 1270 g/mol. The second kappa shape index (κ2) is 26.6. The Morgan fingerprint density at radius 1 is 0.534 bits per heavy atom. The summed E-state index contributed by atoms with van der Waals surface area (Å²) in [5.41, 5.74) is 6.30. The summed E-state index contributed by atoms with van der Waals surface area (Å²) < 4.78 is 32.5. The van der Waals surface area contributed by atoms with Crippen molar-refractivity contribution < 1.29 is 33.0 Å². The largest absolute Gasteiger partial charge is 0.493 e. The molecule has 22 heteroatoms. The quantitative estimate of drug-likeness (QED) is 0.0779. The molecule has 3 saturated heterocycles. The first kappa shape index (κ1) is 59.4. The van der Waals surface area contributed by atoms with Crippen LogP contribution >= 0.6 is 27.5 Å². The summed E-state index contributed by atoms with van der Waals surface area (Å²) in [6.07, 6.45) is 15.8. The van der Waals surface area contributed by atoms with Crippen molar-refractivity contribution in [1.82, 2.24) is 64.6 Å². The number of halogens is 3. The van der Waals surface area contributed by atoms with Crippen molar-refractivity contribution in [1.29, 1.82) is 0 Å². The fourth-order valence-electron chi connectivity index (χ4n) is 11.9. The molecule has 0 saturated carbocycles. The lowest BCUT2D eigenvalue weighted by molar-refractivity contribution is 0.0492. The zero-order valence-corrected chi connectivity index (χ0v) is 51.1. The third-order valence-corrected chi connectivity index (χ3v) is 17.6. The molecule has 0 radical (unpaired) electrons. The summed E-state index contributed by atoms with van der Waals surface area (Å²) in [6.45, 7) is 8.73. The monoisotopic (exact) mass is 1270 g/mol. The molecule has 3 aliphatic heterocycles. The Bertz CT molecular complexity index is 3930. The Morgan fingerprint density at radius 3 is 1.75 bits per heavy atom. The Balaban J connectivity index is 0.830. The summed E-state index contributed by atoms with van der Waals surface area (Å²) >= 11 is 9.54. The van der Waals surface area contributed by atoms with Gasteiger partial charge in [-0.3, -0.25) is 19.4 Å². The first-order valence-corrected chi connectivity index (χ1v) is 30.7. The van der Waals surface area contributed by atoms with E-state index in [0.717, 1.165) is 61.4 Å². The number of amides is 3. The van der Waals surface area contributed by atoms with Crippen LogP contribution in [0, 0.1) is 23.6 Å². The number of hydrogen-bond acceptors (Lipinski definition) is 14. The summed E-state index contributed by atoms with van der Waals surface area (Å²) in [5.74, 6) is 0.783. The summed E-state index contributed by atoms with van der Waals surface area (Å²) in [6, 6.07) is 32.6. The zero-order chi connectivity index (χ0) is 60.8. The van der Waals surface area contributed by atoms with Crippen LogP contribution < -0.4 is 14.2 Å². The Labute approximate surface area is 522 Å². The number of benzene rings is 3. The van der Waals surface area contributed by atoms with Crippen LogP contribution in [0.5, 0.6) is 17.4 Å². The van der Waals surface area contributed by atoms with E-state index in [2.05, 4.69) is 59.9 Å². The van der Waals surface area contributed by atoms with Crippen molar-refractivity contribution in [2.75, 3.05) is 39.5 Å². The van der Waals surface area contributed by atoms with Crippen molar-refractivity contribution in [2.24, 2.45) is 17.8 Å². The van der Waals surface area contributed by atoms with E-state index in [1.807, 2.05) is 107 Å². The van der Waals surface area contributed by atoms with Gasteiger partial charge in [0.15, 0.2) is 0 Å². The smallest absolute Gasteiger partial charge is 0.273 e. The van der Waals surface area contributed by atoms with Crippen molar-refractivity contribution >= 4 is 45.3 Å². The number of aromatic nitrogens is 10. The van der Waals surface area contributed by atoms with Gasteiger partial charge in [0.05, 0.1) is 73.3 Å². The minimum Gasteiger partial charge on any atom is -0.493 e. The Morgan fingerprint density at radius 2 is 1.12 bits per heavy atom. The summed E-state index contributed by atoms with van der Waals surface area (Å²) in [4.78, 5) is 70.5. The lowest BCUT2D eigenvalue weighted by Gasteiger charge is -2.38. The topological polar surface area (TPSA) is 202 Å². The lowest BCUT2D eigenvalue weighted by Crippen LogP contribution is -2.47. The van der Waals surface area contributed by atoms with E-state index in [1.54, 1.807) is 49.3 Å². The van der Waals surface area contributed by atoms with E-state index in [9.17, 15) is 14.0 Å². The summed E-state index contributed by atoms with van der Waals surface area (Å²) in [7, 11) is 0. The van der Waals surface area contributed by atoms with E-state index in [1.165, 1.54) is 21.7 Å². The first-order chi connectivity index (χ1) is 42.8. The molecule has 0 N–H and O–H groups in total. The van der Waals surface area contributed by atoms with Crippen LogP contribution in [0.1, 0.15) is 90.5 Å². The van der Waals surface area contributed by atoms with E-state index < -0.39 is 5.82 Å². The van der Waals surface area contributed by atoms with Crippen LogP contribution in [0.3, 0.4) is 0 Å². The van der Waals surface area contributed by atoms with Gasteiger partial charge in [-0.1, -0.05) is 54.1 Å². The number of hydrogen-bond donors (Lipinski definition) is 0. The van der Waals surface area contributed by atoms with Crippen molar-refractivity contribution in [3.8, 4) is 62.3 Å². The standard InChI is InChI=1S/C66H64BrClFN13O6/c1-41-7-10-45(39-87-53-19-22-60(67)72-33-53)36-78(41)64(83)55-29-49(47-12-14-48(15-13-47)54-5-4-25-71-63(54)66(85)80-37-46(11-8-43(80)3)40-88-62-23-18-51(69)32-73-62)16-20-59(55)82-76-34-57(77-82)50-17-21-58(81-74-27-28-75-81)56(30-50)65(84)79-35-44(9-6-42(79)2)38-86-52-24-26-70-61(68)31-52/h4-5,12-34,41-46H,6-11,35-40H2,1-3H3/t41-,42-,43-,44-,45-,46-/m1/s1. The average Bonchev–Trinajstić information content (AvgIpc) is 2.78. The van der Waals surface area contributed by atoms with Crippen molar-refractivity contribution in [2.45, 2.75) is 77.4 Å².